The van der Waals surface area contributed by atoms with E-state index >= 15 is 0 Å². The Morgan fingerprint density at radius 3 is 2.67 bits per heavy atom. The molecule has 0 saturated heterocycles. The van der Waals surface area contributed by atoms with Crippen LogP contribution >= 0.6 is 11.8 Å². The van der Waals surface area contributed by atoms with Crippen LogP contribution in [0.25, 0.3) is 17.1 Å². The van der Waals surface area contributed by atoms with Crippen molar-refractivity contribution in [3.8, 4) is 17.1 Å². The third-order valence-electron chi connectivity index (χ3n) is 4.37. The monoisotopic (exact) mass is 424 g/mol. The molecule has 0 aliphatic rings. The Morgan fingerprint density at radius 2 is 2.00 bits per heavy atom. The number of amides is 3. The van der Waals surface area contributed by atoms with Crippen LogP contribution < -0.4 is 10.6 Å². The minimum Gasteiger partial charge on any atom is -0.338 e. The van der Waals surface area contributed by atoms with Crippen LogP contribution in [0.1, 0.15) is 25.0 Å². The summed E-state index contributed by atoms with van der Waals surface area (Å²) in [5.41, 5.74) is 3.94. The highest BCUT2D eigenvalue weighted by molar-refractivity contribution is 8.00. The fourth-order valence-corrected chi connectivity index (χ4v) is 3.79. The van der Waals surface area contributed by atoms with E-state index in [0.717, 1.165) is 22.4 Å². The van der Waals surface area contributed by atoms with E-state index in [4.69, 9.17) is 0 Å². The van der Waals surface area contributed by atoms with E-state index in [2.05, 4.69) is 31.9 Å². The van der Waals surface area contributed by atoms with Crippen molar-refractivity contribution in [2.45, 2.75) is 38.1 Å². The van der Waals surface area contributed by atoms with Gasteiger partial charge in [-0.05, 0) is 51.5 Å². The summed E-state index contributed by atoms with van der Waals surface area (Å²) in [6, 6.07) is 9.36. The topological polar surface area (TPSA) is 102 Å². The zero-order valence-electron chi connectivity index (χ0n) is 17.3. The van der Waals surface area contributed by atoms with Crippen molar-refractivity contribution >= 4 is 23.7 Å². The largest absolute Gasteiger partial charge is 0.338 e. The highest BCUT2D eigenvalue weighted by atomic mass is 32.2. The van der Waals surface area contributed by atoms with Crippen LogP contribution in [0.4, 0.5) is 4.79 Å². The second-order valence-corrected chi connectivity index (χ2v) is 8.09. The molecule has 0 saturated carbocycles. The molecule has 0 radical (unpaired) electrons. The van der Waals surface area contributed by atoms with Gasteiger partial charge in [0.25, 0.3) is 0 Å². The van der Waals surface area contributed by atoms with Crippen LogP contribution in [0.5, 0.6) is 0 Å². The number of hydrogen-bond acceptors (Lipinski definition) is 6. The maximum absolute atomic E-state index is 12.4. The second-order valence-electron chi connectivity index (χ2n) is 6.78. The Labute approximate surface area is 179 Å². The first-order valence-corrected chi connectivity index (χ1v) is 10.5. The predicted molar refractivity (Wildman–Crippen MR) is 117 cm³/mol. The van der Waals surface area contributed by atoms with Gasteiger partial charge in [-0.1, -0.05) is 29.5 Å². The number of nitrogens with one attached hydrogen (secondary N) is 2. The number of thioether (sulfide) groups is 1. The first-order valence-electron chi connectivity index (χ1n) is 9.59. The fraction of sp³-hybridized carbons (Fsp3) is 0.286. The van der Waals surface area contributed by atoms with Crippen LogP contribution in [0, 0.1) is 13.8 Å². The van der Waals surface area contributed by atoms with Crippen molar-refractivity contribution in [3.05, 3.63) is 53.9 Å². The van der Waals surface area contributed by atoms with Crippen LogP contribution in [0.3, 0.4) is 0 Å². The molecule has 2 heterocycles. The van der Waals surface area contributed by atoms with Crippen molar-refractivity contribution in [3.63, 3.8) is 0 Å². The summed E-state index contributed by atoms with van der Waals surface area (Å²) in [5, 5.41) is 13.6. The highest BCUT2D eigenvalue weighted by Crippen LogP contribution is 2.31. The Morgan fingerprint density at radius 1 is 1.20 bits per heavy atom. The Hall–Kier alpha value is -3.20. The minimum atomic E-state index is -0.553. The van der Waals surface area contributed by atoms with Crippen LogP contribution in [-0.2, 0) is 4.79 Å². The van der Waals surface area contributed by atoms with Gasteiger partial charge in [-0.3, -0.25) is 19.7 Å². The number of carbonyl (C=O) groups is 2. The molecule has 1 aromatic carbocycles. The number of urea groups is 1. The van der Waals surface area contributed by atoms with E-state index in [1.807, 2.05) is 42.7 Å². The maximum atomic E-state index is 12.4. The molecule has 3 aromatic rings. The van der Waals surface area contributed by atoms with E-state index in [9.17, 15) is 9.59 Å². The van der Waals surface area contributed by atoms with Gasteiger partial charge in [-0.25, -0.2) is 4.79 Å². The van der Waals surface area contributed by atoms with Crippen molar-refractivity contribution < 1.29 is 9.59 Å². The van der Waals surface area contributed by atoms with Crippen molar-refractivity contribution in [1.82, 2.24) is 30.4 Å². The predicted octanol–water partition coefficient (Wildman–Crippen LogP) is 3.27. The molecule has 3 rings (SSSR count). The smallest absolute Gasteiger partial charge is 0.321 e. The molecule has 0 aliphatic carbocycles. The molecule has 1 atom stereocenters. The summed E-state index contributed by atoms with van der Waals surface area (Å²) in [6.45, 7) is 8.01. The number of carbonyl (C=O) groups excluding carboxylic acids is 2. The summed E-state index contributed by atoms with van der Waals surface area (Å²) in [5.74, 6) is 0.234. The van der Waals surface area contributed by atoms with E-state index < -0.39 is 17.2 Å². The highest BCUT2D eigenvalue weighted by Gasteiger charge is 2.23. The first kappa shape index (κ1) is 21.5. The molecule has 0 fully saturated rings. The average molecular weight is 425 g/mol. The van der Waals surface area contributed by atoms with Gasteiger partial charge in [-0.15, -0.1) is 10.2 Å². The molecule has 3 amide bonds. The Kier molecular flexibility index (Phi) is 6.83. The van der Waals surface area contributed by atoms with Gasteiger partial charge in [0.05, 0.1) is 10.9 Å². The molecule has 0 unspecified atom stereocenters. The lowest BCUT2D eigenvalue weighted by Crippen LogP contribution is -2.42. The van der Waals surface area contributed by atoms with Crippen LogP contribution in [-0.4, -0.2) is 43.5 Å². The molecular weight excluding hydrogens is 400 g/mol. The zero-order chi connectivity index (χ0) is 21.7. The lowest BCUT2D eigenvalue weighted by atomic mass is 10.1. The number of rotatable bonds is 6. The fourth-order valence-electron chi connectivity index (χ4n) is 2.93. The lowest BCUT2D eigenvalue weighted by Gasteiger charge is -2.15. The van der Waals surface area contributed by atoms with Gasteiger partial charge in [0.1, 0.15) is 0 Å². The average Bonchev–Trinajstić information content (AvgIpc) is 3.12. The number of nitrogens with zero attached hydrogens (tertiary/aromatic N) is 4. The molecule has 9 heteroatoms. The Bertz CT molecular complexity index is 1050. The van der Waals surface area contributed by atoms with Gasteiger partial charge in [-0.2, -0.15) is 0 Å². The zero-order valence-corrected chi connectivity index (χ0v) is 18.2. The third-order valence-corrected chi connectivity index (χ3v) is 5.41. The van der Waals surface area contributed by atoms with E-state index in [1.165, 1.54) is 11.8 Å². The van der Waals surface area contributed by atoms with E-state index in [1.54, 1.807) is 26.2 Å². The molecule has 8 nitrogen and oxygen atoms in total. The number of benzene rings is 1. The lowest BCUT2D eigenvalue weighted by molar-refractivity contribution is -0.119. The molecule has 156 valence electrons. The molecule has 0 aliphatic heterocycles. The second kappa shape index (κ2) is 9.53. The third kappa shape index (κ3) is 4.85. The maximum Gasteiger partial charge on any atom is 0.321 e. The number of hydrogen-bond donors (Lipinski definition) is 2. The summed E-state index contributed by atoms with van der Waals surface area (Å²) in [6.07, 6.45) is 3.43. The number of aromatic nitrogens is 4. The molecule has 0 spiro atoms. The molecule has 0 bridgehead atoms. The van der Waals surface area contributed by atoms with Gasteiger partial charge in [0.2, 0.25) is 5.91 Å². The summed E-state index contributed by atoms with van der Waals surface area (Å²) < 4.78 is 1.92. The van der Waals surface area contributed by atoms with Crippen molar-refractivity contribution in [2.24, 2.45) is 0 Å². The molecule has 2 N–H and O–H groups in total. The van der Waals surface area contributed by atoms with Gasteiger partial charge >= 0.3 is 6.03 Å². The van der Waals surface area contributed by atoms with Crippen molar-refractivity contribution in [1.29, 1.82) is 0 Å². The summed E-state index contributed by atoms with van der Waals surface area (Å²) in [4.78, 5) is 28.3. The summed E-state index contributed by atoms with van der Waals surface area (Å²) >= 11 is 1.24. The first-order chi connectivity index (χ1) is 14.4. The number of aryl methyl sites for hydroxylation is 2. The molecule has 30 heavy (non-hydrogen) atoms. The van der Waals surface area contributed by atoms with Gasteiger partial charge in [0, 0.05) is 24.5 Å². The normalized spacial score (nSPS) is 11.7. The standard InChI is InChI=1S/C21H24N6O2S/c1-5-23-20(29)24-19(28)15(4)30-21-26-25-18(16-7-6-10-22-12-16)27(21)17-9-8-13(2)11-14(17)3/h6-12,15H,5H2,1-4H3,(H2,23,24,28,29)/t15-/m1/s1. The SMILES string of the molecule is CCNC(=O)NC(=O)[C@@H](C)Sc1nnc(-c2cccnc2)n1-c1ccc(C)cc1C. The minimum absolute atomic E-state index is 0.399. The molecular formula is C21H24N6O2S. The van der Waals surface area contributed by atoms with E-state index in [-0.39, 0.29) is 0 Å². The van der Waals surface area contributed by atoms with E-state index in [0.29, 0.717) is 17.5 Å². The van der Waals surface area contributed by atoms with Gasteiger partial charge in [0.15, 0.2) is 11.0 Å². The number of pyridine rings is 1. The Balaban J connectivity index is 1.98. The van der Waals surface area contributed by atoms with Crippen molar-refractivity contribution in [2.75, 3.05) is 6.54 Å². The quantitative estimate of drug-likeness (QED) is 0.589. The van der Waals surface area contributed by atoms with Crippen LogP contribution in [0.15, 0.2) is 47.9 Å². The van der Waals surface area contributed by atoms with Gasteiger partial charge < -0.3 is 5.32 Å². The molecule has 2 aromatic heterocycles. The van der Waals surface area contributed by atoms with Crippen LogP contribution in [0.2, 0.25) is 0 Å². The number of imide groups is 1. The summed E-state index contributed by atoms with van der Waals surface area (Å²) in [7, 11) is 0.